The Labute approximate surface area is 250 Å². The predicted octanol–water partition coefficient (Wildman–Crippen LogP) is 7.08. The summed E-state index contributed by atoms with van der Waals surface area (Å²) in [5.41, 5.74) is 2.93. The topological polar surface area (TPSA) is 107 Å². The fourth-order valence-corrected chi connectivity index (χ4v) is 6.10. The van der Waals surface area contributed by atoms with Crippen LogP contribution in [0.15, 0.2) is 64.0 Å². The first-order valence-electron chi connectivity index (χ1n) is 12.8. The van der Waals surface area contributed by atoms with Crippen molar-refractivity contribution in [3.63, 3.8) is 0 Å². The minimum atomic E-state index is -3.88. The van der Waals surface area contributed by atoms with Crippen LogP contribution in [0.3, 0.4) is 0 Å². The first-order valence-corrected chi connectivity index (χ1v) is 15.1. The molecule has 0 radical (unpaired) electrons. The average molecular weight is 632 g/mol. The van der Waals surface area contributed by atoms with Gasteiger partial charge in [-0.05, 0) is 67.4 Å². The highest BCUT2D eigenvalue weighted by Gasteiger charge is 2.24. The largest absolute Gasteiger partial charge is 0.440 e. The quantitative estimate of drug-likeness (QED) is 0.195. The van der Waals surface area contributed by atoms with E-state index >= 15 is 4.39 Å². The van der Waals surface area contributed by atoms with E-state index in [1.54, 1.807) is 25.1 Å². The average Bonchev–Trinajstić information content (AvgIpc) is 3.47. The second-order valence-electron chi connectivity index (χ2n) is 9.83. The number of aliphatic hydroxyl groups excluding tert-OH is 1. The number of benzene rings is 3. The van der Waals surface area contributed by atoms with Gasteiger partial charge in [0, 0.05) is 36.1 Å². The van der Waals surface area contributed by atoms with Gasteiger partial charge < -0.3 is 18.8 Å². The van der Waals surface area contributed by atoms with Crippen LogP contribution < -0.4 is 4.74 Å². The Kier molecular flexibility index (Phi) is 8.12. The molecule has 1 N–H and O–H groups in total. The molecule has 13 heteroatoms. The van der Waals surface area contributed by atoms with Crippen molar-refractivity contribution < 1.29 is 35.8 Å². The summed E-state index contributed by atoms with van der Waals surface area (Å²) >= 11 is 6.49. The molecular weight excluding hydrogens is 607 g/mol. The molecule has 0 fully saturated rings. The fourth-order valence-electron chi connectivity index (χ4n) is 4.89. The van der Waals surface area contributed by atoms with Crippen molar-refractivity contribution in [3.05, 3.63) is 88.5 Å². The number of hydrogen-bond acceptors (Lipinski definition) is 7. The number of hydrogen-bond donors (Lipinski definition) is 1. The van der Waals surface area contributed by atoms with E-state index in [-0.39, 0.29) is 38.4 Å². The second-order valence-corrected chi connectivity index (χ2v) is 12.2. The summed E-state index contributed by atoms with van der Waals surface area (Å²) in [5.74, 6) is 0.170. The van der Waals surface area contributed by atoms with Gasteiger partial charge in [0.2, 0.25) is 0 Å². The van der Waals surface area contributed by atoms with Gasteiger partial charge in [-0.1, -0.05) is 17.7 Å². The van der Waals surface area contributed by atoms with Crippen LogP contribution in [-0.2, 0) is 16.4 Å². The van der Waals surface area contributed by atoms with Crippen LogP contribution >= 0.6 is 11.6 Å². The first-order chi connectivity index (χ1) is 20.3. The van der Waals surface area contributed by atoms with Crippen LogP contribution in [-0.4, -0.2) is 40.9 Å². The summed E-state index contributed by atoms with van der Waals surface area (Å²) in [6.45, 7) is 1.47. The van der Waals surface area contributed by atoms with E-state index in [1.807, 2.05) is 24.6 Å². The van der Waals surface area contributed by atoms with Gasteiger partial charge in [0.05, 0.1) is 27.9 Å². The number of aryl methyl sites for hydroxylation is 3. The van der Waals surface area contributed by atoms with Crippen molar-refractivity contribution in [2.45, 2.75) is 38.9 Å². The summed E-state index contributed by atoms with van der Waals surface area (Å²) in [6, 6.07) is 11.7. The maximum Gasteiger partial charge on any atom is 0.387 e. The molecule has 0 spiro atoms. The van der Waals surface area contributed by atoms with Gasteiger partial charge >= 0.3 is 6.61 Å². The molecule has 0 saturated carbocycles. The van der Waals surface area contributed by atoms with Crippen molar-refractivity contribution in [2.75, 3.05) is 6.26 Å². The van der Waals surface area contributed by atoms with Crippen LogP contribution in [0.2, 0.25) is 5.02 Å². The first kappa shape index (κ1) is 30.3. The predicted molar refractivity (Wildman–Crippen MR) is 155 cm³/mol. The lowest BCUT2D eigenvalue weighted by Crippen LogP contribution is -2.06. The molecule has 43 heavy (non-hydrogen) atoms. The van der Waals surface area contributed by atoms with Gasteiger partial charge in [0.25, 0.3) is 0 Å². The molecule has 0 saturated heterocycles. The maximum absolute atomic E-state index is 15.1. The molecule has 5 rings (SSSR count). The zero-order chi connectivity index (χ0) is 31.2. The third kappa shape index (κ3) is 6.03. The van der Waals surface area contributed by atoms with Gasteiger partial charge in [0.1, 0.15) is 23.1 Å². The molecule has 0 amide bonds. The number of sulfone groups is 1. The third-order valence-corrected chi connectivity index (χ3v) is 8.18. The van der Waals surface area contributed by atoms with Crippen molar-refractivity contribution in [3.8, 4) is 45.1 Å². The SMILES string of the molecule is Cc1cn(-c2ccc(-c3cc(F)c(CO)c(S(C)(=O)=O)c3)cc2-c2nc(C)oc2-c2ccc(OC(F)F)cc2Cl)c(C)n1. The molecule has 2 heterocycles. The number of imidazole rings is 1. The van der Waals surface area contributed by atoms with Gasteiger partial charge in [-0.3, -0.25) is 0 Å². The van der Waals surface area contributed by atoms with Crippen molar-refractivity contribution in [2.24, 2.45) is 0 Å². The Morgan fingerprint density at radius 3 is 2.37 bits per heavy atom. The normalized spacial score (nSPS) is 11.9. The highest BCUT2D eigenvalue weighted by atomic mass is 35.5. The molecule has 0 unspecified atom stereocenters. The molecule has 3 aromatic carbocycles. The maximum atomic E-state index is 15.1. The van der Waals surface area contributed by atoms with E-state index in [4.69, 9.17) is 16.0 Å². The summed E-state index contributed by atoms with van der Waals surface area (Å²) < 4.78 is 77.8. The molecule has 0 aliphatic rings. The molecule has 5 aromatic rings. The van der Waals surface area contributed by atoms with Crippen LogP contribution in [0.1, 0.15) is 23.0 Å². The van der Waals surface area contributed by atoms with E-state index in [0.29, 0.717) is 33.9 Å². The Bertz CT molecular complexity index is 1970. The lowest BCUT2D eigenvalue weighted by molar-refractivity contribution is -0.0498. The molecule has 0 bridgehead atoms. The summed E-state index contributed by atoms with van der Waals surface area (Å²) in [7, 11) is -3.88. The van der Waals surface area contributed by atoms with E-state index < -0.39 is 28.9 Å². The Morgan fingerprint density at radius 1 is 1.02 bits per heavy atom. The molecule has 8 nitrogen and oxygen atoms in total. The Morgan fingerprint density at radius 2 is 1.77 bits per heavy atom. The van der Waals surface area contributed by atoms with E-state index in [0.717, 1.165) is 18.0 Å². The van der Waals surface area contributed by atoms with E-state index in [9.17, 15) is 22.3 Å². The molecule has 0 aliphatic carbocycles. The smallest absolute Gasteiger partial charge is 0.387 e. The lowest BCUT2D eigenvalue weighted by Gasteiger charge is -2.15. The number of oxazole rings is 1. The van der Waals surface area contributed by atoms with Crippen molar-refractivity contribution in [1.82, 2.24) is 14.5 Å². The summed E-state index contributed by atoms with van der Waals surface area (Å²) in [4.78, 5) is 8.78. The molecule has 0 atom stereocenters. The number of alkyl halides is 2. The number of rotatable bonds is 8. The lowest BCUT2D eigenvalue weighted by atomic mass is 9.97. The zero-order valence-corrected chi connectivity index (χ0v) is 24.9. The van der Waals surface area contributed by atoms with Gasteiger partial charge in [0.15, 0.2) is 21.5 Å². The fraction of sp³-hybridized carbons (Fsp3) is 0.200. The minimum absolute atomic E-state index is 0.0716. The monoisotopic (exact) mass is 631 g/mol. The zero-order valence-electron chi connectivity index (χ0n) is 23.3. The third-order valence-electron chi connectivity index (χ3n) is 6.70. The van der Waals surface area contributed by atoms with E-state index in [2.05, 4.69) is 14.7 Å². The number of aliphatic hydroxyl groups is 1. The number of nitrogens with zero attached hydrogens (tertiary/aromatic N) is 3. The number of halogens is 4. The second kappa shape index (κ2) is 11.5. The molecule has 224 valence electrons. The standard InChI is InChI=1S/C30H25ClF3N3O5S/c1-15-13-37(16(2)35-15)26-8-5-18(19-10-25(32)23(14-38)27(11-19)43(4,39)40)9-22(26)28-29(41-17(3)36-28)21-7-6-20(12-24(21)31)42-30(33)34/h5-13,30,38H,14H2,1-4H3. The number of ether oxygens (including phenoxy) is 1. The van der Waals surface area contributed by atoms with Gasteiger partial charge in [-0.25, -0.2) is 22.8 Å². The van der Waals surface area contributed by atoms with Gasteiger partial charge in [-0.2, -0.15) is 8.78 Å². The van der Waals surface area contributed by atoms with Gasteiger partial charge in [-0.15, -0.1) is 0 Å². The van der Waals surface area contributed by atoms with E-state index in [1.165, 1.54) is 24.3 Å². The Hall–Kier alpha value is -4.13. The highest BCUT2D eigenvalue weighted by Crippen LogP contribution is 2.42. The van der Waals surface area contributed by atoms with Crippen molar-refractivity contribution >= 4 is 21.4 Å². The van der Waals surface area contributed by atoms with Crippen LogP contribution in [0.25, 0.3) is 39.4 Å². The summed E-state index contributed by atoms with van der Waals surface area (Å²) in [5, 5.41) is 9.71. The van der Waals surface area contributed by atoms with Crippen LogP contribution in [0.5, 0.6) is 5.75 Å². The van der Waals surface area contributed by atoms with Crippen molar-refractivity contribution in [1.29, 1.82) is 0 Å². The summed E-state index contributed by atoms with van der Waals surface area (Å²) in [6.07, 6.45) is 2.76. The van der Waals surface area contributed by atoms with Crippen LogP contribution in [0, 0.1) is 26.6 Å². The molecule has 2 aromatic heterocycles. The highest BCUT2D eigenvalue weighted by molar-refractivity contribution is 7.90. The molecular formula is C30H25ClF3N3O5S. The van der Waals surface area contributed by atoms with Crippen LogP contribution in [0.4, 0.5) is 13.2 Å². The molecule has 0 aliphatic heterocycles. The minimum Gasteiger partial charge on any atom is -0.440 e. The Balaban J connectivity index is 1.77. The number of aromatic nitrogens is 3.